The Labute approximate surface area is 289 Å². The van der Waals surface area contributed by atoms with Crippen molar-refractivity contribution in [1.82, 2.24) is 15.1 Å². The molecule has 2 aromatic rings. The highest BCUT2D eigenvalue weighted by Crippen LogP contribution is 2.44. The summed E-state index contributed by atoms with van der Waals surface area (Å²) in [6.45, 7) is 8.10. The summed E-state index contributed by atoms with van der Waals surface area (Å²) in [5.74, 6) is -2.28. The highest BCUT2D eigenvalue weighted by atomic mass is 19.1. The number of carbonyl (C=O) groups is 4. The molecule has 50 heavy (non-hydrogen) atoms. The topological polar surface area (TPSA) is 146 Å². The maximum Gasteiger partial charge on any atom is 0.311 e. The van der Waals surface area contributed by atoms with Crippen molar-refractivity contribution in [2.45, 2.75) is 64.3 Å². The molecular formula is C36H43FN6O7. The number of hydrogen-bond acceptors (Lipinski definition) is 10. The highest BCUT2D eigenvalue weighted by Gasteiger charge is 2.45. The summed E-state index contributed by atoms with van der Waals surface area (Å²) in [5.41, 5.74) is 2.52. The molecule has 5 aliphatic heterocycles. The summed E-state index contributed by atoms with van der Waals surface area (Å²) in [6, 6.07) is 4.88. The van der Waals surface area contributed by atoms with Gasteiger partial charge in [-0.2, -0.15) is 0 Å². The summed E-state index contributed by atoms with van der Waals surface area (Å²) in [6.07, 6.45) is 6.32. The molecule has 1 spiro atoms. The molecule has 0 bridgehead atoms. The van der Waals surface area contributed by atoms with Crippen molar-refractivity contribution < 1.29 is 33.2 Å². The Bertz CT molecular complexity index is 1740. The number of amides is 4. The molecule has 0 radical (unpaired) electrons. The van der Waals surface area contributed by atoms with Crippen LogP contribution in [0.15, 0.2) is 24.3 Å². The predicted molar refractivity (Wildman–Crippen MR) is 182 cm³/mol. The van der Waals surface area contributed by atoms with Gasteiger partial charge in [-0.05, 0) is 94.0 Å². The van der Waals surface area contributed by atoms with Gasteiger partial charge in [0.05, 0.1) is 28.8 Å². The van der Waals surface area contributed by atoms with E-state index >= 15 is 4.39 Å². The summed E-state index contributed by atoms with van der Waals surface area (Å²) in [4.78, 5) is 69.1. The van der Waals surface area contributed by atoms with E-state index in [9.17, 15) is 29.3 Å². The number of nitrogens with zero attached hydrogens (tertiary/aromatic N) is 5. The molecule has 0 saturated carbocycles. The molecule has 5 heterocycles. The van der Waals surface area contributed by atoms with Crippen LogP contribution in [0.4, 0.5) is 21.5 Å². The number of nitro groups is 1. The molecule has 0 aromatic heterocycles. The van der Waals surface area contributed by atoms with Crippen molar-refractivity contribution in [3.8, 4) is 5.75 Å². The SMILES string of the molecule is COc1cc(N2CCC3(CCN(CC4CCN(c5cc6c(cc5F)C(=O)N(C5CCC(=O)NC5=O)C6=O)CC4)CC3)CC2)c(C)cc1[N+](=O)[O-]. The minimum Gasteiger partial charge on any atom is -0.490 e. The van der Waals surface area contributed by atoms with E-state index in [-0.39, 0.29) is 35.4 Å². The van der Waals surface area contributed by atoms with Gasteiger partial charge in [-0.25, -0.2) is 4.39 Å². The number of rotatable bonds is 7. The lowest BCUT2D eigenvalue weighted by Crippen LogP contribution is -2.54. The number of halogens is 1. The second-order valence-corrected chi connectivity index (χ2v) is 14.6. The zero-order valence-electron chi connectivity index (χ0n) is 28.5. The smallest absolute Gasteiger partial charge is 0.311 e. The van der Waals surface area contributed by atoms with E-state index < -0.39 is 40.4 Å². The van der Waals surface area contributed by atoms with Crippen LogP contribution in [0.25, 0.3) is 0 Å². The van der Waals surface area contributed by atoms with Gasteiger partial charge in [0.1, 0.15) is 11.9 Å². The van der Waals surface area contributed by atoms with Crippen LogP contribution in [0.3, 0.4) is 0 Å². The maximum absolute atomic E-state index is 15.4. The number of anilines is 2. The minimum atomic E-state index is -1.09. The third-order valence-corrected chi connectivity index (χ3v) is 11.8. The van der Waals surface area contributed by atoms with Crippen LogP contribution in [0, 0.1) is 34.2 Å². The lowest BCUT2D eigenvalue weighted by Gasteiger charge is -2.48. The Balaban J connectivity index is 0.905. The van der Waals surface area contributed by atoms with Crippen molar-refractivity contribution in [3.63, 3.8) is 0 Å². The number of likely N-dealkylation sites (tertiary alicyclic amines) is 1. The fourth-order valence-corrected chi connectivity index (χ4v) is 8.68. The quantitative estimate of drug-likeness (QED) is 0.257. The number of benzene rings is 2. The van der Waals surface area contributed by atoms with Gasteiger partial charge < -0.3 is 19.4 Å². The van der Waals surface area contributed by atoms with E-state index in [1.54, 1.807) is 12.1 Å². The third kappa shape index (κ3) is 6.18. The standard InChI is InChI=1S/C36H43FN6O7/c1-22-17-30(43(48)49)31(50-2)20-28(22)41-15-9-36(10-16-41)7-13-39(14-8-36)21-23-5-11-40(12-6-23)29-19-25-24(18-26(29)37)34(46)42(35(25)47)27-3-4-32(44)38-33(27)45/h17-20,23,27H,3-16,21H2,1-2H3,(H,38,44,45). The average Bonchev–Trinajstić information content (AvgIpc) is 3.34. The van der Waals surface area contributed by atoms with E-state index in [1.165, 1.54) is 13.2 Å². The molecule has 7 rings (SSSR count). The van der Waals surface area contributed by atoms with Crippen LogP contribution in [0.2, 0.25) is 0 Å². The Morgan fingerprint density at radius 3 is 2.12 bits per heavy atom. The second-order valence-electron chi connectivity index (χ2n) is 14.6. The normalized spacial score (nSPS) is 23.0. The fourth-order valence-electron chi connectivity index (χ4n) is 8.68. The number of nitrogens with one attached hydrogen (secondary N) is 1. The number of imide groups is 2. The first-order valence-corrected chi connectivity index (χ1v) is 17.6. The van der Waals surface area contributed by atoms with Gasteiger partial charge in [-0.3, -0.25) is 39.5 Å². The van der Waals surface area contributed by atoms with Gasteiger partial charge in [0, 0.05) is 57.0 Å². The molecule has 4 amide bonds. The van der Waals surface area contributed by atoms with E-state index in [0.29, 0.717) is 30.1 Å². The molecule has 13 nitrogen and oxygen atoms in total. The average molecular weight is 691 g/mol. The van der Waals surface area contributed by atoms with E-state index in [2.05, 4.69) is 15.1 Å². The van der Waals surface area contributed by atoms with Crippen LogP contribution in [-0.4, -0.2) is 97.3 Å². The van der Waals surface area contributed by atoms with Crippen LogP contribution in [0.1, 0.15) is 77.6 Å². The first-order valence-electron chi connectivity index (χ1n) is 17.6. The summed E-state index contributed by atoms with van der Waals surface area (Å²) >= 11 is 0. The van der Waals surface area contributed by atoms with Gasteiger partial charge in [0.15, 0.2) is 5.75 Å². The fraction of sp³-hybridized carbons (Fsp3) is 0.556. The number of ether oxygens (including phenoxy) is 1. The molecule has 5 aliphatic rings. The van der Waals surface area contributed by atoms with Gasteiger partial charge in [-0.1, -0.05) is 0 Å². The first-order chi connectivity index (χ1) is 24.0. The van der Waals surface area contributed by atoms with Crippen LogP contribution in [0.5, 0.6) is 5.75 Å². The highest BCUT2D eigenvalue weighted by molar-refractivity contribution is 6.23. The predicted octanol–water partition coefficient (Wildman–Crippen LogP) is 4.05. The molecule has 4 fully saturated rings. The molecule has 2 aromatic carbocycles. The van der Waals surface area contributed by atoms with Crippen molar-refractivity contribution in [1.29, 1.82) is 0 Å². The van der Waals surface area contributed by atoms with Crippen molar-refractivity contribution >= 4 is 40.7 Å². The Hall–Kier alpha value is -4.59. The van der Waals surface area contributed by atoms with Crippen molar-refractivity contribution in [2.75, 3.05) is 62.7 Å². The Morgan fingerprint density at radius 2 is 1.50 bits per heavy atom. The second kappa shape index (κ2) is 13.3. The zero-order chi connectivity index (χ0) is 35.3. The Kier molecular flexibility index (Phi) is 8.99. The molecule has 1 N–H and O–H groups in total. The molecule has 266 valence electrons. The van der Waals surface area contributed by atoms with Gasteiger partial charge in [0.2, 0.25) is 11.8 Å². The third-order valence-electron chi connectivity index (χ3n) is 11.8. The number of nitro benzene ring substituents is 1. The van der Waals surface area contributed by atoms with Crippen LogP contribution >= 0.6 is 0 Å². The van der Waals surface area contributed by atoms with E-state index in [0.717, 1.165) is 93.5 Å². The number of piperidine rings is 4. The lowest BCUT2D eigenvalue weighted by atomic mass is 9.71. The molecular weight excluding hydrogens is 647 g/mol. The first kappa shape index (κ1) is 33.9. The molecule has 1 unspecified atom stereocenters. The van der Waals surface area contributed by atoms with Gasteiger partial charge in [0.25, 0.3) is 11.8 Å². The van der Waals surface area contributed by atoms with Crippen molar-refractivity contribution in [3.05, 3.63) is 56.9 Å². The molecule has 1 atom stereocenters. The zero-order valence-corrected chi connectivity index (χ0v) is 28.5. The molecule has 4 saturated heterocycles. The van der Waals surface area contributed by atoms with E-state index in [4.69, 9.17) is 4.74 Å². The van der Waals surface area contributed by atoms with Crippen molar-refractivity contribution in [2.24, 2.45) is 11.3 Å². The van der Waals surface area contributed by atoms with Gasteiger partial charge >= 0.3 is 5.69 Å². The minimum absolute atomic E-state index is 0.00932. The van der Waals surface area contributed by atoms with E-state index in [1.807, 2.05) is 11.8 Å². The molecule has 0 aliphatic carbocycles. The summed E-state index contributed by atoms with van der Waals surface area (Å²) in [5, 5.41) is 13.6. The lowest BCUT2D eigenvalue weighted by molar-refractivity contribution is -0.385. The number of hydrogen-bond donors (Lipinski definition) is 1. The Morgan fingerprint density at radius 1 is 0.880 bits per heavy atom. The number of fused-ring (bicyclic) bond motifs is 1. The van der Waals surface area contributed by atoms with Crippen LogP contribution < -0.4 is 19.9 Å². The number of aryl methyl sites for hydroxylation is 1. The maximum atomic E-state index is 15.4. The largest absolute Gasteiger partial charge is 0.490 e. The monoisotopic (exact) mass is 690 g/mol. The van der Waals surface area contributed by atoms with Gasteiger partial charge in [-0.15, -0.1) is 0 Å². The summed E-state index contributed by atoms with van der Waals surface area (Å²) in [7, 11) is 1.46. The summed E-state index contributed by atoms with van der Waals surface area (Å²) < 4.78 is 20.7. The molecule has 14 heteroatoms. The van der Waals surface area contributed by atoms with Crippen LogP contribution in [-0.2, 0) is 9.59 Å². The number of carbonyl (C=O) groups excluding carboxylic acids is 4. The number of methoxy groups -OCH3 is 1.